The number of benzene rings is 1. The van der Waals surface area contributed by atoms with Crippen molar-refractivity contribution in [3.05, 3.63) is 30.0 Å². The van der Waals surface area contributed by atoms with E-state index in [0.29, 0.717) is 5.56 Å². The first-order chi connectivity index (χ1) is 7.58. The van der Waals surface area contributed by atoms with Crippen LogP contribution in [0.2, 0.25) is 0 Å². The van der Waals surface area contributed by atoms with Gasteiger partial charge in [-0.25, -0.2) is 4.79 Å². The Morgan fingerprint density at radius 2 is 2.19 bits per heavy atom. The predicted octanol–water partition coefficient (Wildman–Crippen LogP) is 0.862. The van der Waals surface area contributed by atoms with Crippen molar-refractivity contribution in [2.75, 3.05) is 0 Å². The van der Waals surface area contributed by atoms with Crippen LogP contribution in [0.4, 0.5) is 0 Å². The van der Waals surface area contributed by atoms with E-state index in [1.807, 2.05) is 0 Å². The van der Waals surface area contributed by atoms with Gasteiger partial charge in [0.25, 0.3) is 0 Å². The molecule has 0 fully saturated rings. The second kappa shape index (κ2) is 3.86. The number of carboxylic acid groups (broad SMARTS) is 1. The summed E-state index contributed by atoms with van der Waals surface area (Å²) >= 11 is 0. The zero-order chi connectivity index (χ0) is 11.7. The first-order valence-electron chi connectivity index (χ1n) is 4.78. The average molecular weight is 221 g/mol. The first kappa shape index (κ1) is 10.5. The summed E-state index contributed by atoms with van der Waals surface area (Å²) in [6.45, 7) is 0. The molecule has 1 atom stereocenters. The van der Waals surface area contributed by atoms with Gasteiger partial charge in [-0.05, 0) is 23.8 Å². The minimum atomic E-state index is -1.43. The predicted molar refractivity (Wildman–Crippen MR) is 57.3 cm³/mol. The number of aliphatic hydroxyl groups excluding tert-OH is 1. The Morgan fingerprint density at radius 3 is 2.88 bits per heavy atom. The fraction of sp³-hybridized carbons (Fsp3) is 0.182. The summed E-state index contributed by atoms with van der Waals surface area (Å²) in [7, 11) is 0. The summed E-state index contributed by atoms with van der Waals surface area (Å²) in [5.74, 6) is -1.15. The molecule has 16 heavy (non-hydrogen) atoms. The quantitative estimate of drug-likeness (QED) is 0.618. The molecule has 0 saturated carbocycles. The van der Waals surface area contributed by atoms with Gasteiger partial charge >= 0.3 is 5.97 Å². The molecule has 0 unspecified atom stereocenters. The van der Waals surface area contributed by atoms with Crippen LogP contribution in [0.3, 0.4) is 0 Å². The van der Waals surface area contributed by atoms with Crippen LogP contribution in [0.15, 0.2) is 24.4 Å². The fourth-order valence-corrected chi connectivity index (χ4v) is 1.63. The van der Waals surface area contributed by atoms with Gasteiger partial charge in [-0.1, -0.05) is 0 Å². The van der Waals surface area contributed by atoms with Gasteiger partial charge in [0, 0.05) is 23.5 Å². The molecular weight excluding hydrogens is 210 g/mol. The molecule has 0 amide bonds. The third kappa shape index (κ3) is 1.85. The second-order valence-electron chi connectivity index (χ2n) is 3.60. The number of aromatic hydroxyl groups is 1. The normalized spacial score (nSPS) is 12.8. The molecule has 1 aromatic heterocycles. The zero-order valence-electron chi connectivity index (χ0n) is 8.34. The number of aliphatic carboxylic acids is 1. The summed E-state index contributed by atoms with van der Waals surface area (Å²) in [6.07, 6.45) is 0.219. The number of phenolic OH excluding ortho intramolecular Hbond substituents is 1. The van der Waals surface area contributed by atoms with Gasteiger partial charge < -0.3 is 20.3 Å². The van der Waals surface area contributed by atoms with Gasteiger partial charge in [0.1, 0.15) is 5.75 Å². The minimum Gasteiger partial charge on any atom is -0.508 e. The molecule has 1 heterocycles. The summed E-state index contributed by atoms with van der Waals surface area (Å²) in [5.41, 5.74) is 1.46. The maximum Gasteiger partial charge on any atom is 0.332 e. The van der Waals surface area contributed by atoms with E-state index >= 15 is 0 Å². The highest BCUT2D eigenvalue weighted by atomic mass is 16.4. The molecule has 2 aromatic rings. The van der Waals surface area contributed by atoms with Gasteiger partial charge in [-0.3, -0.25) is 0 Å². The number of carboxylic acids is 1. The standard InChI is InChI=1S/C11H11NO4/c13-7-1-2-9-8(4-7)6(5-12-9)3-10(14)11(15)16/h1-2,4-5,10,12-14H,3H2,(H,15,16)/t10-/m1/s1. The molecule has 84 valence electrons. The van der Waals surface area contributed by atoms with Crippen LogP contribution in [0.1, 0.15) is 5.56 Å². The lowest BCUT2D eigenvalue weighted by molar-refractivity contribution is -0.146. The monoisotopic (exact) mass is 221 g/mol. The van der Waals surface area contributed by atoms with Crippen molar-refractivity contribution in [2.45, 2.75) is 12.5 Å². The van der Waals surface area contributed by atoms with Crippen LogP contribution in [0, 0.1) is 0 Å². The average Bonchev–Trinajstić information content (AvgIpc) is 2.61. The molecular formula is C11H11NO4. The number of H-pyrrole nitrogens is 1. The van der Waals surface area contributed by atoms with E-state index in [1.165, 1.54) is 12.1 Å². The smallest absolute Gasteiger partial charge is 0.332 e. The molecule has 4 N–H and O–H groups in total. The maximum atomic E-state index is 10.5. The van der Waals surface area contributed by atoms with Crippen LogP contribution in [0.25, 0.3) is 10.9 Å². The van der Waals surface area contributed by atoms with Crippen molar-refractivity contribution in [2.24, 2.45) is 0 Å². The Morgan fingerprint density at radius 1 is 1.44 bits per heavy atom. The Hall–Kier alpha value is -2.01. The molecule has 0 radical (unpaired) electrons. The molecule has 5 nitrogen and oxygen atoms in total. The Bertz CT molecular complexity index is 532. The Kier molecular flexibility index (Phi) is 2.54. The second-order valence-corrected chi connectivity index (χ2v) is 3.60. The van der Waals surface area contributed by atoms with Crippen LogP contribution >= 0.6 is 0 Å². The lowest BCUT2D eigenvalue weighted by Crippen LogP contribution is -2.21. The third-order valence-electron chi connectivity index (χ3n) is 2.45. The highest BCUT2D eigenvalue weighted by Gasteiger charge is 2.16. The molecule has 2 rings (SSSR count). The van der Waals surface area contributed by atoms with Crippen molar-refractivity contribution in [1.29, 1.82) is 0 Å². The van der Waals surface area contributed by atoms with Crippen LogP contribution in [-0.2, 0) is 11.2 Å². The van der Waals surface area contributed by atoms with Gasteiger partial charge in [-0.2, -0.15) is 0 Å². The van der Waals surface area contributed by atoms with E-state index in [0.717, 1.165) is 10.9 Å². The number of hydrogen-bond acceptors (Lipinski definition) is 3. The van der Waals surface area contributed by atoms with Gasteiger partial charge in [0.05, 0.1) is 0 Å². The maximum absolute atomic E-state index is 10.5. The number of aliphatic hydroxyl groups is 1. The van der Waals surface area contributed by atoms with E-state index < -0.39 is 12.1 Å². The largest absolute Gasteiger partial charge is 0.508 e. The fourth-order valence-electron chi connectivity index (χ4n) is 1.63. The van der Waals surface area contributed by atoms with Crippen LogP contribution in [-0.4, -0.2) is 32.4 Å². The van der Waals surface area contributed by atoms with Crippen LogP contribution < -0.4 is 0 Å². The number of hydrogen-bond donors (Lipinski definition) is 4. The topological polar surface area (TPSA) is 93.5 Å². The SMILES string of the molecule is O=C(O)[C@H](O)Cc1c[nH]c2ccc(O)cc12. The molecule has 0 bridgehead atoms. The minimum absolute atomic E-state index is 0.0127. The number of carbonyl (C=O) groups is 1. The van der Waals surface area contributed by atoms with E-state index in [9.17, 15) is 15.0 Å². The molecule has 1 aromatic carbocycles. The summed E-state index contributed by atoms with van der Waals surface area (Å²) in [4.78, 5) is 13.5. The lowest BCUT2D eigenvalue weighted by atomic mass is 10.1. The van der Waals surface area contributed by atoms with Crippen molar-refractivity contribution < 1.29 is 20.1 Å². The molecule has 0 aliphatic heterocycles. The molecule has 0 spiro atoms. The van der Waals surface area contributed by atoms with E-state index in [-0.39, 0.29) is 12.2 Å². The van der Waals surface area contributed by atoms with E-state index in [2.05, 4.69) is 4.98 Å². The first-order valence-corrected chi connectivity index (χ1v) is 4.78. The summed E-state index contributed by atoms with van der Waals surface area (Å²) < 4.78 is 0. The number of nitrogens with one attached hydrogen (secondary N) is 1. The molecule has 5 heteroatoms. The molecule has 0 saturated heterocycles. The number of aromatic amines is 1. The van der Waals surface area contributed by atoms with Crippen molar-refractivity contribution in [3.8, 4) is 5.75 Å². The number of aromatic nitrogens is 1. The zero-order valence-corrected chi connectivity index (χ0v) is 8.34. The number of fused-ring (bicyclic) bond motifs is 1. The van der Waals surface area contributed by atoms with Crippen molar-refractivity contribution in [1.82, 2.24) is 4.98 Å². The Balaban J connectivity index is 2.37. The van der Waals surface area contributed by atoms with Crippen molar-refractivity contribution in [3.63, 3.8) is 0 Å². The van der Waals surface area contributed by atoms with Gasteiger partial charge in [0.2, 0.25) is 0 Å². The number of phenols is 1. The van der Waals surface area contributed by atoms with E-state index in [1.54, 1.807) is 12.3 Å². The van der Waals surface area contributed by atoms with Gasteiger partial charge in [-0.15, -0.1) is 0 Å². The Labute approximate surface area is 91.0 Å². The third-order valence-corrected chi connectivity index (χ3v) is 2.45. The highest BCUT2D eigenvalue weighted by Crippen LogP contribution is 2.23. The number of rotatable bonds is 3. The van der Waals surface area contributed by atoms with Gasteiger partial charge in [0.15, 0.2) is 6.10 Å². The lowest BCUT2D eigenvalue weighted by Gasteiger charge is -2.03. The summed E-state index contributed by atoms with van der Waals surface area (Å²) in [6, 6.07) is 4.77. The van der Waals surface area contributed by atoms with E-state index in [4.69, 9.17) is 5.11 Å². The van der Waals surface area contributed by atoms with Crippen molar-refractivity contribution >= 4 is 16.9 Å². The molecule has 0 aliphatic rings. The molecule has 0 aliphatic carbocycles. The summed E-state index contributed by atoms with van der Waals surface area (Å²) in [5, 5.41) is 27.9. The highest BCUT2D eigenvalue weighted by molar-refractivity contribution is 5.85. The van der Waals surface area contributed by atoms with Crippen LogP contribution in [0.5, 0.6) is 5.75 Å².